The molecule has 1 fully saturated rings. The predicted molar refractivity (Wildman–Crippen MR) is 126 cm³/mol. The number of hydrogen-bond donors (Lipinski definition) is 1. The van der Waals surface area contributed by atoms with Crippen molar-refractivity contribution < 1.29 is 19.4 Å². The average molecular weight is 442 g/mol. The second kappa shape index (κ2) is 9.10. The molecule has 1 aliphatic heterocycles. The molecule has 5 nitrogen and oxygen atoms in total. The molecule has 33 heavy (non-hydrogen) atoms. The molecule has 0 aromatic heterocycles. The maximum absolute atomic E-state index is 13.1. The van der Waals surface area contributed by atoms with Gasteiger partial charge in [-0.2, -0.15) is 0 Å². The molecule has 1 unspecified atom stereocenters. The first-order chi connectivity index (χ1) is 16.1. The van der Waals surface area contributed by atoms with Gasteiger partial charge in [-0.3, -0.25) is 4.79 Å². The Labute approximate surface area is 193 Å². The maximum Gasteiger partial charge on any atom is 0.410 e. The highest BCUT2D eigenvalue weighted by atomic mass is 16.6. The van der Waals surface area contributed by atoms with Gasteiger partial charge in [0.15, 0.2) is 0 Å². The van der Waals surface area contributed by atoms with Crippen molar-refractivity contribution >= 4 is 12.1 Å². The molecule has 0 radical (unpaired) electrons. The molecule has 5 rings (SSSR count). The number of likely N-dealkylation sites (tertiary alicyclic amines) is 1. The first-order valence-corrected chi connectivity index (χ1v) is 11.5. The predicted octanol–water partition coefficient (Wildman–Crippen LogP) is 5.79. The molecule has 2 aliphatic rings. The number of fused-ring (bicyclic) bond motifs is 3. The van der Waals surface area contributed by atoms with Gasteiger partial charge in [0.05, 0.1) is 6.04 Å². The quantitative estimate of drug-likeness (QED) is 0.526. The number of aliphatic carboxylic acids is 1. The van der Waals surface area contributed by atoms with Crippen LogP contribution in [0.5, 0.6) is 0 Å². The van der Waals surface area contributed by atoms with Gasteiger partial charge >= 0.3 is 12.1 Å². The van der Waals surface area contributed by atoms with Crippen molar-refractivity contribution in [1.29, 1.82) is 0 Å². The molecule has 1 heterocycles. The van der Waals surface area contributed by atoms with E-state index in [4.69, 9.17) is 9.84 Å². The third kappa shape index (κ3) is 4.23. The second-order valence-corrected chi connectivity index (χ2v) is 8.79. The van der Waals surface area contributed by atoms with Gasteiger partial charge in [-0.25, -0.2) is 4.79 Å². The van der Waals surface area contributed by atoms with Crippen LogP contribution in [0.15, 0.2) is 72.8 Å². The lowest BCUT2D eigenvalue weighted by atomic mass is 9.98. The molecule has 1 amide bonds. The van der Waals surface area contributed by atoms with Gasteiger partial charge in [-0.1, -0.05) is 72.8 Å². The van der Waals surface area contributed by atoms with Gasteiger partial charge < -0.3 is 14.7 Å². The number of nitrogens with zero attached hydrogens (tertiary/aromatic N) is 1. The van der Waals surface area contributed by atoms with Crippen LogP contribution in [0.1, 0.15) is 53.5 Å². The Hall–Kier alpha value is -3.60. The summed E-state index contributed by atoms with van der Waals surface area (Å²) in [6, 6.07) is 24.6. The summed E-state index contributed by atoms with van der Waals surface area (Å²) in [5.41, 5.74) is 6.86. The lowest BCUT2D eigenvalue weighted by Gasteiger charge is -2.26. The van der Waals surface area contributed by atoms with Gasteiger partial charge in [0, 0.05) is 18.9 Å². The largest absolute Gasteiger partial charge is 0.481 e. The monoisotopic (exact) mass is 441 g/mol. The SMILES string of the molecule is O=C(O)CCc1cccc(C2CCCN2C(=O)OCC2c3ccccc3-c3ccccc32)c1. The molecule has 3 aromatic carbocycles. The van der Waals surface area contributed by atoms with Crippen LogP contribution in [-0.2, 0) is 16.0 Å². The maximum atomic E-state index is 13.1. The topological polar surface area (TPSA) is 66.8 Å². The van der Waals surface area contributed by atoms with E-state index in [9.17, 15) is 9.59 Å². The molecule has 1 atom stereocenters. The van der Waals surface area contributed by atoms with Crippen LogP contribution in [0.2, 0.25) is 0 Å². The summed E-state index contributed by atoms with van der Waals surface area (Å²) in [4.78, 5) is 25.9. The fourth-order valence-electron chi connectivity index (χ4n) is 5.22. The average Bonchev–Trinajstić information content (AvgIpc) is 3.45. The van der Waals surface area contributed by atoms with Gasteiger partial charge in [-0.05, 0) is 52.6 Å². The third-order valence-corrected chi connectivity index (χ3v) is 6.79. The van der Waals surface area contributed by atoms with E-state index in [0.29, 0.717) is 19.6 Å². The molecule has 1 saturated heterocycles. The number of carbonyl (C=O) groups is 2. The number of ether oxygens (including phenoxy) is 1. The first-order valence-electron chi connectivity index (χ1n) is 11.5. The van der Waals surface area contributed by atoms with Crippen LogP contribution >= 0.6 is 0 Å². The van der Waals surface area contributed by atoms with E-state index in [1.807, 2.05) is 53.4 Å². The van der Waals surface area contributed by atoms with Crippen LogP contribution in [-0.4, -0.2) is 35.2 Å². The minimum Gasteiger partial charge on any atom is -0.481 e. The first kappa shape index (κ1) is 21.3. The number of carboxylic acids is 1. The van der Waals surface area contributed by atoms with E-state index in [0.717, 1.165) is 24.0 Å². The zero-order valence-corrected chi connectivity index (χ0v) is 18.4. The van der Waals surface area contributed by atoms with E-state index in [1.54, 1.807) is 0 Å². The van der Waals surface area contributed by atoms with Crippen LogP contribution in [0.25, 0.3) is 11.1 Å². The Balaban J connectivity index is 1.30. The highest BCUT2D eigenvalue weighted by Gasteiger charge is 2.33. The summed E-state index contributed by atoms with van der Waals surface area (Å²) in [7, 11) is 0. The smallest absolute Gasteiger partial charge is 0.410 e. The Kier molecular flexibility index (Phi) is 5.86. The molecule has 0 bridgehead atoms. The molecule has 5 heteroatoms. The molecule has 1 aliphatic carbocycles. The number of amides is 1. The Morgan fingerprint density at radius 1 is 0.939 bits per heavy atom. The van der Waals surface area contributed by atoms with E-state index >= 15 is 0 Å². The summed E-state index contributed by atoms with van der Waals surface area (Å²) in [5.74, 6) is -0.761. The summed E-state index contributed by atoms with van der Waals surface area (Å²) in [6.07, 6.45) is 2.11. The summed E-state index contributed by atoms with van der Waals surface area (Å²) >= 11 is 0. The zero-order valence-electron chi connectivity index (χ0n) is 18.4. The fraction of sp³-hybridized carbons (Fsp3) is 0.286. The van der Waals surface area contributed by atoms with Crippen molar-refractivity contribution in [2.24, 2.45) is 0 Å². The van der Waals surface area contributed by atoms with E-state index in [-0.39, 0.29) is 24.5 Å². The zero-order chi connectivity index (χ0) is 22.8. The van der Waals surface area contributed by atoms with Crippen LogP contribution in [0, 0.1) is 0 Å². The lowest BCUT2D eigenvalue weighted by molar-refractivity contribution is -0.136. The van der Waals surface area contributed by atoms with Crippen molar-refractivity contribution in [3.63, 3.8) is 0 Å². The normalized spacial score (nSPS) is 17.0. The Bertz CT molecular complexity index is 1140. The second-order valence-electron chi connectivity index (χ2n) is 8.79. The summed E-state index contributed by atoms with van der Waals surface area (Å²) < 4.78 is 5.89. The molecular weight excluding hydrogens is 414 g/mol. The van der Waals surface area contributed by atoms with Crippen molar-refractivity contribution in [2.75, 3.05) is 13.2 Å². The van der Waals surface area contributed by atoms with Crippen molar-refractivity contribution in [3.05, 3.63) is 95.1 Å². The Morgan fingerprint density at radius 2 is 1.64 bits per heavy atom. The van der Waals surface area contributed by atoms with Crippen molar-refractivity contribution in [3.8, 4) is 11.1 Å². The van der Waals surface area contributed by atoms with Crippen LogP contribution in [0.4, 0.5) is 4.79 Å². The molecule has 0 saturated carbocycles. The minimum absolute atomic E-state index is 0.0366. The van der Waals surface area contributed by atoms with Crippen LogP contribution in [0.3, 0.4) is 0 Å². The summed E-state index contributed by atoms with van der Waals surface area (Å²) in [5, 5.41) is 8.97. The van der Waals surface area contributed by atoms with Crippen molar-refractivity contribution in [2.45, 2.75) is 37.6 Å². The standard InChI is InChI=1S/C28H27NO4/c30-27(31)15-14-19-7-5-8-20(17-19)26-13-6-16-29(26)28(32)33-18-25-23-11-3-1-9-21(23)22-10-2-4-12-24(22)25/h1-5,7-12,17,25-26H,6,13-16,18H2,(H,30,31). The molecule has 168 valence electrons. The number of carbonyl (C=O) groups excluding carboxylic acids is 1. The van der Waals surface area contributed by atoms with Crippen LogP contribution < -0.4 is 0 Å². The van der Waals surface area contributed by atoms with Gasteiger partial charge in [0.1, 0.15) is 6.61 Å². The van der Waals surface area contributed by atoms with Gasteiger partial charge in [0.2, 0.25) is 0 Å². The highest BCUT2D eigenvalue weighted by molar-refractivity contribution is 5.79. The fourth-order valence-corrected chi connectivity index (χ4v) is 5.22. The molecule has 1 N–H and O–H groups in total. The lowest BCUT2D eigenvalue weighted by Crippen LogP contribution is -2.32. The number of rotatable bonds is 6. The number of carboxylic acid groups (broad SMARTS) is 1. The highest BCUT2D eigenvalue weighted by Crippen LogP contribution is 2.44. The van der Waals surface area contributed by atoms with Crippen molar-refractivity contribution in [1.82, 2.24) is 4.90 Å². The Morgan fingerprint density at radius 3 is 2.33 bits per heavy atom. The van der Waals surface area contributed by atoms with E-state index < -0.39 is 5.97 Å². The van der Waals surface area contributed by atoms with Gasteiger partial charge in [-0.15, -0.1) is 0 Å². The number of benzene rings is 3. The van der Waals surface area contributed by atoms with E-state index in [2.05, 4.69) is 24.3 Å². The summed E-state index contributed by atoms with van der Waals surface area (Å²) in [6.45, 7) is 0.982. The number of hydrogen-bond acceptors (Lipinski definition) is 3. The number of aryl methyl sites for hydroxylation is 1. The van der Waals surface area contributed by atoms with Gasteiger partial charge in [0.25, 0.3) is 0 Å². The minimum atomic E-state index is -0.804. The molecule has 0 spiro atoms. The molecular formula is C28H27NO4. The molecule has 3 aromatic rings. The van der Waals surface area contributed by atoms with E-state index in [1.165, 1.54) is 22.3 Å². The third-order valence-electron chi connectivity index (χ3n) is 6.79.